The van der Waals surface area contributed by atoms with Crippen LogP contribution in [0.4, 0.5) is 4.79 Å². The number of amides is 4. The van der Waals surface area contributed by atoms with Crippen LogP contribution in [0.25, 0.3) is 0 Å². The fraction of sp³-hybridized carbons (Fsp3) is 0.526. The summed E-state index contributed by atoms with van der Waals surface area (Å²) in [5, 5.41) is 5.63. The molecule has 2 N–H and O–H groups in total. The van der Waals surface area contributed by atoms with Crippen LogP contribution in [0.5, 0.6) is 0 Å². The maximum atomic E-state index is 12.4. The summed E-state index contributed by atoms with van der Waals surface area (Å²) in [4.78, 5) is 37.6. The summed E-state index contributed by atoms with van der Waals surface area (Å²) in [6, 6.07) is 2.34. The minimum absolute atomic E-state index is 0.0664. The highest BCUT2D eigenvalue weighted by Crippen LogP contribution is 2.42. The van der Waals surface area contributed by atoms with E-state index in [-0.39, 0.29) is 24.8 Å². The van der Waals surface area contributed by atoms with Gasteiger partial charge in [0.1, 0.15) is 11.8 Å². The molecule has 0 unspecified atom stereocenters. The molecule has 1 saturated carbocycles. The van der Waals surface area contributed by atoms with Crippen LogP contribution in [0.2, 0.25) is 0 Å². The molecule has 0 spiro atoms. The van der Waals surface area contributed by atoms with Gasteiger partial charge >= 0.3 is 6.03 Å². The molecule has 4 amide bonds. The highest BCUT2D eigenvalue weighted by Gasteiger charge is 2.38. The Labute approximate surface area is 151 Å². The van der Waals surface area contributed by atoms with Crippen LogP contribution in [0, 0.1) is 17.8 Å². The van der Waals surface area contributed by atoms with E-state index in [1.54, 1.807) is 12.1 Å². The number of hydrogen-bond donors (Lipinski definition) is 2. The number of carbonyl (C=O) groups is 3. The molecule has 1 saturated heterocycles. The normalized spacial score (nSPS) is 29.5. The summed E-state index contributed by atoms with van der Waals surface area (Å²) >= 11 is 0. The average molecular weight is 357 g/mol. The Bertz CT molecular complexity index is 727. The van der Waals surface area contributed by atoms with Crippen LogP contribution in [-0.4, -0.2) is 35.3 Å². The van der Waals surface area contributed by atoms with Crippen LogP contribution in [-0.2, 0) is 16.1 Å². The molecule has 138 valence electrons. The van der Waals surface area contributed by atoms with E-state index < -0.39 is 12.1 Å². The highest BCUT2D eigenvalue weighted by molar-refractivity contribution is 6.04. The molecule has 7 heteroatoms. The molecule has 7 nitrogen and oxygen atoms in total. The predicted octanol–water partition coefficient (Wildman–Crippen LogP) is 1.81. The largest absolute Gasteiger partial charge is 0.467 e. The highest BCUT2D eigenvalue weighted by atomic mass is 16.3. The number of fused-ring (bicyclic) bond motifs is 2. The van der Waals surface area contributed by atoms with E-state index >= 15 is 0 Å². The zero-order valence-electron chi connectivity index (χ0n) is 14.5. The average Bonchev–Trinajstić information content (AvgIpc) is 3.41. The molecule has 1 aromatic heterocycles. The number of rotatable bonds is 7. The lowest BCUT2D eigenvalue weighted by Crippen LogP contribution is -2.34. The molecule has 0 aromatic carbocycles. The van der Waals surface area contributed by atoms with Crippen molar-refractivity contribution in [2.45, 2.75) is 38.3 Å². The first kappa shape index (κ1) is 16.9. The Balaban J connectivity index is 1.21. The Hall–Kier alpha value is -2.57. The second-order valence-corrected chi connectivity index (χ2v) is 7.39. The standard InChI is InChI=1S/C19H23N3O4/c23-17(20-10-14-9-12-3-4-13(14)8-12)6-5-16-18(24)22(19(25)21-16)11-15-2-1-7-26-15/h1-4,7,12-14,16H,5-6,8-11H2,(H,20,23)(H,21,25)/t12-,13-,14-,16-/m0/s1. The molecular formula is C19H23N3O4. The topological polar surface area (TPSA) is 91.7 Å². The smallest absolute Gasteiger partial charge is 0.325 e. The van der Waals surface area contributed by atoms with Gasteiger partial charge in [-0.1, -0.05) is 12.2 Å². The zero-order chi connectivity index (χ0) is 18.1. The van der Waals surface area contributed by atoms with Crippen molar-refractivity contribution in [3.8, 4) is 0 Å². The summed E-state index contributed by atoms with van der Waals surface area (Å²) < 4.78 is 5.18. The molecule has 2 fully saturated rings. The van der Waals surface area contributed by atoms with E-state index in [1.165, 1.54) is 12.7 Å². The Morgan fingerprint density at radius 2 is 2.19 bits per heavy atom. The first-order valence-corrected chi connectivity index (χ1v) is 9.19. The van der Waals surface area contributed by atoms with Gasteiger partial charge in [-0.25, -0.2) is 4.79 Å². The lowest BCUT2D eigenvalue weighted by molar-refractivity contribution is -0.128. The van der Waals surface area contributed by atoms with E-state index in [4.69, 9.17) is 4.42 Å². The first-order valence-electron chi connectivity index (χ1n) is 9.19. The van der Waals surface area contributed by atoms with Crippen molar-refractivity contribution >= 4 is 17.8 Å². The fourth-order valence-electron chi connectivity index (χ4n) is 4.22. The summed E-state index contributed by atoms with van der Waals surface area (Å²) in [7, 11) is 0. The third-order valence-electron chi connectivity index (χ3n) is 5.64. The SMILES string of the molecule is O=C(CC[C@@H]1NC(=O)N(Cc2ccco2)C1=O)NC[C@@H]1C[C@H]2C=C[C@H]1C2. The lowest BCUT2D eigenvalue weighted by atomic mass is 9.93. The van der Waals surface area contributed by atoms with Crippen LogP contribution >= 0.6 is 0 Å². The van der Waals surface area contributed by atoms with Gasteiger partial charge < -0.3 is 15.1 Å². The van der Waals surface area contributed by atoms with Gasteiger partial charge in [-0.3, -0.25) is 14.5 Å². The van der Waals surface area contributed by atoms with Gasteiger partial charge in [0, 0.05) is 13.0 Å². The molecular weight excluding hydrogens is 334 g/mol. The van der Waals surface area contributed by atoms with Crippen molar-refractivity contribution in [3.63, 3.8) is 0 Å². The van der Waals surface area contributed by atoms with Crippen molar-refractivity contribution < 1.29 is 18.8 Å². The summed E-state index contributed by atoms with van der Waals surface area (Å²) in [6.07, 6.45) is 8.96. The van der Waals surface area contributed by atoms with Gasteiger partial charge in [0.2, 0.25) is 5.91 Å². The van der Waals surface area contributed by atoms with E-state index in [9.17, 15) is 14.4 Å². The van der Waals surface area contributed by atoms with Gasteiger partial charge in [0.05, 0.1) is 12.8 Å². The molecule has 4 rings (SSSR count). The van der Waals surface area contributed by atoms with E-state index in [0.29, 0.717) is 36.5 Å². The van der Waals surface area contributed by atoms with Crippen molar-refractivity contribution in [2.24, 2.45) is 17.8 Å². The van der Waals surface area contributed by atoms with Crippen LogP contribution in [0.1, 0.15) is 31.4 Å². The zero-order valence-corrected chi connectivity index (χ0v) is 14.5. The molecule has 1 aromatic rings. The maximum absolute atomic E-state index is 12.4. The van der Waals surface area contributed by atoms with E-state index in [0.717, 1.165) is 11.3 Å². The number of imide groups is 1. The lowest BCUT2D eigenvalue weighted by Gasteiger charge is -2.18. The molecule has 2 heterocycles. The van der Waals surface area contributed by atoms with E-state index in [1.807, 2.05) is 0 Å². The minimum Gasteiger partial charge on any atom is -0.467 e. The van der Waals surface area contributed by atoms with E-state index in [2.05, 4.69) is 22.8 Å². The number of hydrogen-bond acceptors (Lipinski definition) is 4. The minimum atomic E-state index is -0.645. The quantitative estimate of drug-likeness (QED) is 0.575. The van der Waals surface area contributed by atoms with Gasteiger partial charge in [0.15, 0.2) is 0 Å². The molecule has 1 aliphatic heterocycles. The van der Waals surface area contributed by atoms with Crippen molar-refractivity contribution in [1.82, 2.24) is 15.5 Å². The Morgan fingerprint density at radius 1 is 1.31 bits per heavy atom. The van der Waals surface area contributed by atoms with Crippen molar-refractivity contribution in [1.29, 1.82) is 0 Å². The molecule has 0 radical (unpaired) electrons. The van der Waals surface area contributed by atoms with Crippen molar-refractivity contribution in [2.75, 3.05) is 6.54 Å². The third kappa shape index (κ3) is 3.38. The Kier molecular flexibility index (Phi) is 4.53. The summed E-state index contributed by atoms with van der Waals surface area (Å²) in [5.74, 6) is 2.00. The first-order chi connectivity index (χ1) is 12.6. The van der Waals surface area contributed by atoms with Gasteiger partial charge in [-0.2, -0.15) is 0 Å². The molecule has 4 atom stereocenters. The predicted molar refractivity (Wildman–Crippen MR) is 92.7 cm³/mol. The summed E-state index contributed by atoms with van der Waals surface area (Å²) in [5.41, 5.74) is 0. The number of urea groups is 1. The van der Waals surface area contributed by atoms with Crippen LogP contribution in [0.15, 0.2) is 35.0 Å². The van der Waals surface area contributed by atoms with Crippen LogP contribution in [0.3, 0.4) is 0 Å². The molecule has 2 aliphatic carbocycles. The monoisotopic (exact) mass is 357 g/mol. The molecule has 26 heavy (non-hydrogen) atoms. The number of allylic oxidation sites excluding steroid dienone is 2. The number of nitrogens with zero attached hydrogens (tertiary/aromatic N) is 1. The van der Waals surface area contributed by atoms with Gasteiger partial charge in [-0.05, 0) is 49.1 Å². The summed E-state index contributed by atoms with van der Waals surface area (Å²) in [6.45, 7) is 0.804. The number of carbonyl (C=O) groups excluding carboxylic acids is 3. The maximum Gasteiger partial charge on any atom is 0.325 e. The fourth-order valence-corrected chi connectivity index (χ4v) is 4.22. The van der Waals surface area contributed by atoms with Gasteiger partial charge in [0.25, 0.3) is 5.91 Å². The number of nitrogens with one attached hydrogen (secondary N) is 2. The Morgan fingerprint density at radius 3 is 2.88 bits per heavy atom. The molecule has 3 aliphatic rings. The number of furan rings is 1. The molecule has 2 bridgehead atoms. The third-order valence-corrected chi connectivity index (χ3v) is 5.64. The van der Waals surface area contributed by atoms with Gasteiger partial charge in [-0.15, -0.1) is 0 Å². The van der Waals surface area contributed by atoms with Crippen LogP contribution < -0.4 is 10.6 Å². The second kappa shape index (κ2) is 6.97. The second-order valence-electron chi connectivity index (χ2n) is 7.39. The van der Waals surface area contributed by atoms with Crippen molar-refractivity contribution in [3.05, 3.63) is 36.3 Å².